The van der Waals surface area contributed by atoms with Gasteiger partial charge in [0.2, 0.25) is 0 Å². The lowest BCUT2D eigenvalue weighted by Crippen LogP contribution is -2.40. The molecule has 3 N–H and O–H groups in total. The maximum Gasteiger partial charge on any atom is 0.0590 e. The Morgan fingerprint density at radius 2 is 2.15 bits per heavy atom. The molecule has 76 valence electrons. The van der Waals surface area contributed by atoms with E-state index in [1.807, 2.05) is 0 Å². The van der Waals surface area contributed by atoms with E-state index in [-0.39, 0.29) is 0 Å². The second-order valence-corrected chi connectivity index (χ2v) is 4.33. The first kappa shape index (κ1) is 9.44. The maximum atomic E-state index is 5.69. The normalized spacial score (nSPS) is 31.6. The molecule has 0 aromatic carbocycles. The summed E-state index contributed by atoms with van der Waals surface area (Å²) in [4.78, 5) is 0. The van der Waals surface area contributed by atoms with Crippen molar-refractivity contribution in [1.29, 1.82) is 0 Å². The van der Waals surface area contributed by atoms with Crippen LogP contribution in [0.15, 0.2) is 0 Å². The quantitative estimate of drug-likeness (QED) is 0.509. The van der Waals surface area contributed by atoms with E-state index in [1.54, 1.807) is 0 Å². The number of hydrogen-bond donors (Lipinski definition) is 2. The van der Waals surface area contributed by atoms with Gasteiger partial charge in [0.25, 0.3) is 0 Å². The average molecular weight is 184 g/mol. The van der Waals surface area contributed by atoms with Crippen LogP contribution < -0.4 is 11.3 Å². The van der Waals surface area contributed by atoms with E-state index in [9.17, 15) is 0 Å². The third kappa shape index (κ3) is 2.66. The van der Waals surface area contributed by atoms with E-state index in [0.717, 1.165) is 18.9 Å². The Balaban J connectivity index is 1.73. The number of rotatable bonds is 4. The number of hydrazine groups is 1. The summed E-state index contributed by atoms with van der Waals surface area (Å²) in [6, 6.07) is 0.503. The number of ether oxygens (including phenoxy) is 1. The molecule has 13 heavy (non-hydrogen) atoms. The van der Waals surface area contributed by atoms with Crippen molar-refractivity contribution in [2.24, 2.45) is 11.8 Å². The average Bonchev–Trinajstić information content (AvgIpc) is 2.99. The number of nitrogens with two attached hydrogens (primary N) is 1. The van der Waals surface area contributed by atoms with E-state index >= 15 is 0 Å². The molecule has 0 spiro atoms. The highest BCUT2D eigenvalue weighted by Gasteiger charge is 2.32. The third-order valence-corrected chi connectivity index (χ3v) is 3.20. The summed E-state index contributed by atoms with van der Waals surface area (Å²) in [7, 11) is 0. The van der Waals surface area contributed by atoms with Crippen molar-refractivity contribution in [2.45, 2.75) is 50.7 Å². The van der Waals surface area contributed by atoms with E-state index < -0.39 is 0 Å². The van der Waals surface area contributed by atoms with Crippen LogP contribution in [0, 0.1) is 5.92 Å². The van der Waals surface area contributed by atoms with Gasteiger partial charge in [0.15, 0.2) is 0 Å². The zero-order valence-corrected chi connectivity index (χ0v) is 8.17. The Morgan fingerprint density at radius 3 is 2.69 bits per heavy atom. The molecule has 2 fully saturated rings. The van der Waals surface area contributed by atoms with E-state index in [1.165, 1.54) is 32.1 Å². The lowest BCUT2D eigenvalue weighted by molar-refractivity contribution is 0.00380. The van der Waals surface area contributed by atoms with Crippen LogP contribution in [0.4, 0.5) is 0 Å². The van der Waals surface area contributed by atoms with Crippen molar-refractivity contribution >= 4 is 0 Å². The topological polar surface area (TPSA) is 47.3 Å². The van der Waals surface area contributed by atoms with Crippen LogP contribution in [0.1, 0.15) is 38.5 Å². The molecule has 2 unspecified atom stereocenters. The molecule has 1 heterocycles. The first-order valence-corrected chi connectivity index (χ1v) is 5.48. The molecule has 2 atom stereocenters. The molecule has 3 heteroatoms. The van der Waals surface area contributed by atoms with Crippen LogP contribution in [0.25, 0.3) is 0 Å². The van der Waals surface area contributed by atoms with Gasteiger partial charge in [0.05, 0.1) is 6.10 Å². The predicted molar refractivity (Wildman–Crippen MR) is 52.0 cm³/mol. The molecule has 0 bridgehead atoms. The van der Waals surface area contributed by atoms with Gasteiger partial charge in [-0.05, 0) is 44.4 Å². The van der Waals surface area contributed by atoms with Crippen molar-refractivity contribution in [3.63, 3.8) is 0 Å². The summed E-state index contributed by atoms with van der Waals surface area (Å²) in [5, 5.41) is 0. The molecule has 1 aliphatic carbocycles. The molecule has 3 nitrogen and oxygen atoms in total. The molecule has 0 aromatic rings. The first-order chi connectivity index (χ1) is 6.40. The van der Waals surface area contributed by atoms with E-state index in [0.29, 0.717) is 12.1 Å². The highest BCUT2D eigenvalue weighted by atomic mass is 16.5. The predicted octanol–water partition coefficient (Wildman–Crippen LogP) is 1.19. The molecule has 2 rings (SSSR count). The Hall–Kier alpha value is -0.120. The minimum Gasteiger partial charge on any atom is -0.378 e. The van der Waals surface area contributed by atoms with Crippen molar-refractivity contribution < 1.29 is 4.74 Å². The van der Waals surface area contributed by atoms with Crippen LogP contribution in [0.2, 0.25) is 0 Å². The molecule has 2 aliphatic rings. The minimum absolute atomic E-state index is 0.468. The van der Waals surface area contributed by atoms with Crippen molar-refractivity contribution in [3.05, 3.63) is 0 Å². The van der Waals surface area contributed by atoms with Gasteiger partial charge in [-0.1, -0.05) is 0 Å². The van der Waals surface area contributed by atoms with Crippen molar-refractivity contribution in [2.75, 3.05) is 6.61 Å². The lowest BCUT2D eigenvalue weighted by atomic mass is 9.99. The Morgan fingerprint density at radius 1 is 1.31 bits per heavy atom. The molecule has 0 radical (unpaired) electrons. The highest BCUT2D eigenvalue weighted by Crippen LogP contribution is 2.35. The molecular weight excluding hydrogens is 164 g/mol. The summed E-state index contributed by atoms with van der Waals surface area (Å²) in [6.45, 7) is 0.951. The molecule has 1 aliphatic heterocycles. The second kappa shape index (κ2) is 4.40. The molecule has 1 saturated heterocycles. The number of nitrogens with one attached hydrogen (secondary N) is 1. The third-order valence-electron chi connectivity index (χ3n) is 3.20. The summed E-state index contributed by atoms with van der Waals surface area (Å²) in [5.74, 6) is 6.35. The Bertz CT molecular complexity index is 153. The van der Waals surface area contributed by atoms with Gasteiger partial charge in [-0.15, -0.1) is 0 Å². The number of hydrogen-bond acceptors (Lipinski definition) is 3. The zero-order chi connectivity index (χ0) is 9.10. The van der Waals surface area contributed by atoms with Crippen LogP contribution in [-0.4, -0.2) is 18.8 Å². The molecule has 0 amide bonds. The molecule has 1 saturated carbocycles. The summed E-state index contributed by atoms with van der Waals surface area (Å²) < 4.78 is 5.69. The Kier molecular flexibility index (Phi) is 3.19. The zero-order valence-electron chi connectivity index (χ0n) is 8.17. The van der Waals surface area contributed by atoms with E-state index in [2.05, 4.69) is 5.43 Å². The minimum atomic E-state index is 0.468. The van der Waals surface area contributed by atoms with Crippen LogP contribution in [0.5, 0.6) is 0 Å². The fourth-order valence-electron chi connectivity index (χ4n) is 2.17. The second-order valence-electron chi connectivity index (χ2n) is 4.33. The monoisotopic (exact) mass is 184 g/mol. The van der Waals surface area contributed by atoms with Crippen LogP contribution in [0.3, 0.4) is 0 Å². The maximum absolute atomic E-state index is 5.69. The first-order valence-electron chi connectivity index (χ1n) is 5.48. The molecule has 0 aromatic heterocycles. The van der Waals surface area contributed by atoms with Gasteiger partial charge in [0.1, 0.15) is 0 Å². The van der Waals surface area contributed by atoms with Gasteiger partial charge in [0, 0.05) is 12.6 Å². The largest absolute Gasteiger partial charge is 0.378 e. The van der Waals surface area contributed by atoms with Gasteiger partial charge in [-0.2, -0.15) is 0 Å². The highest BCUT2D eigenvalue weighted by molar-refractivity contribution is 4.87. The Labute approximate surface area is 80.0 Å². The summed E-state index contributed by atoms with van der Waals surface area (Å²) in [6.07, 6.45) is 8.07. The fourth-order valence-corrected chi connectivity index (χ4v) is 2.17. The summed E-state index contributed by atoms with van der Waals surface area (Å²) in [5.41, 5.74) is 2.93. The van der Waals surface area contributed by atoms with E-state index in [4.69, 9.17) is 10.6 Å². The van der Waals surface area contributed by atoms with Gasteiger partial charge >= 0.3 is 0 Å². The fraction of sp³-hybridized carbons (Fsp3) is 1.00. The smallest absolute Gasteiger partial charge is 0.0590 e. The van der Waals surface area contributed by atoms with Gasteiger partial charge in [-0.25, -0.2) is 0 Å². The van der Waals surface area contributed by atoms with Gasteiger partial charge < -0.3 is 4.74 Å². The SMILES string of the molecule is NNC(CC1CCCCO1)C1CC1. The van der Waals surface area contributed by atoms with Crippen LogP contribution >= 0.6 is 0 Å². The summed E-state index contributed by atoms with van der Waals surface area (Å²) >= 11 is 0. The van der Waals surface area contributed by atoms with Crippen LogP contribution in [-0.2, 0) is 4.74 Å². The van der Waals surface area contributed by atoms with Crippen molar-refractivity contribution in [3.8, 4) is 0 Å². The van der Waals surface area contributed by atoms with Gasteiger partial charge in [-0.3, -0.25) is 11.3 Å². The standard InChI is InChI=1S/C10H20N2O/c11-12-10(8-4-5-8)7-9-3-1-2-6-13-9/h8-10,12H,1-7,11H2. The lowest BCUT2D eigenvalue weighted by Gasteiger charge is -2.26. The van der Waals surface area contributed by atoms with Crippen molar-refractivity contribution in [1.82, 2.24) is 5.43 Å². The molecular formula is C10H20N2O.